The highest BCUT2D eigenvalue weighted by Gasteiger charge is 2.34. The van der Waals surface area contributed by atoms with E-state index in [1.807, 2.05) is 0 Å². The number of pyridine rings is 1. The second kappa shape index (κ2) is 3.01. The molecule has 0 fully saturated rings. The lowest BCUT2D eigenvalue weighted by Crippen LogP contribution is -2.11. The summed E-state index contributed by atoms with van der Waals surface area (Å²) in [5, 5.41) is 0. The van der Waals surface area contributed by atoms with Crippen LogP contribution in [0.4, 0.5) is 13.2 Å². The molecule has 0 aromatic carbocycles. The second-order valence-electron chi connectivity index (χ2n) is 3.02. The van der Waals surface area contributed by atoms with E-state index in [0.29, 0.717) is 5.69 Å². The molecule has 0 bridgehead atoms. The minimum absolute atomic E-state index is 0.176. The molecule has 0 atom stereocenters. The maximum Gasteiger partial charge on any atom is 0.417 e. The third-order valence-corrected chi connectivity index (χ3v) is 2.05. The fraction of sp³-hybridized carbons (Fsp3) is 0.444. The van der Waals surface area contributed by atoms with Crippen molar-refractivity contribution in [2.75, 3.05) is 0 Å². The van der Waals surface area contributed by atoms with E-state index in [4.69, 9.17) is 0 Å². The van der Waals surface area contributed by atoms with Crippen LogP contribution in [0, 0.1) is 20.8 Å². The number of hydrogen-bond donors (Lipinski definition) is 0. The molecule has 0 aliphatic carbocycles. The first-order valence-electron chi connectivity index (χ1n) is 3.84. The molecule has 1 rings (SSSR count). The van der Waals surface area contributed by atoms with E-state index in [1.165, 1.54) is 20.0 Å². The second-order valence-corrected chi connectivity index (χ2v) is 3.02. The predicted molar refractivity (Wildman–Crippen MR) is 43.5 cm³/mol. The van der Waals surface area contributed by atoms with Crippen LogP contribution in [0.1, 0.15) is 22.4 Å². The SMILES string of the molecule is Cc1cnc(C)c(C)c1C(F)(F)F. The van der Waals surface area contributed by atoms with Crippen molar-refractivity contribution in [1.29, 1.82) is 0 Å². The Labute approximate surface area is 74.6 Å². The molecule has 0 saturated heterocycles. The van der Waals surface area contributed by atoms with E-state index in [-0.39, 0.29) is 11.1 Å². The molecule has 0 radical (unpaired) electrons. The Kier molecular flexibility index (Phi) is 2.32. The van der Waals surface area contributed by atoms with Crippen LogP contribution in [0.3, 0.4) is 0 Å². The van der Waals surface area contributed by atoms with Crippen molar-refractivity contribution in [1.82, 2.24) is 4.98 Å². The first-order chi connectivity index (χ1) is 5.84. The number of hydrogen-bond acceptors (Lipinski definition) is 1. The lowest BCUT2D eigenvalue weighted by molar-refractivity contribution is -0.138. The highest BCUT2D eigenvalue weighted by molar-refractivity contribution is 5.36. The van der Waals surface area contributed by atoms with E-state index >= 15 is 0 Å². The Balaban J connectivity index is 3.43. The number of alkyl halides is 3. The van der Waals surface area contributed by atoms with Gasteiger partial charge in [0, 0.05) is 11.9 Å². The van der Waals surface area contributed by atoms with Crippen molar-refractivity contribution in [3.8, 4) is 0 Å². The lowest BCUT2D eigenvalue weighted by Gasteiger charge is -2.14. The molecule has 0 aliphatic rings. The number of aryl methyl sites for hydroxylation is 2. The van der Waals surface area contributed by atoms with Gasteiger partial charge in [0.05, 0.1) is 5.56 Å². The first-order valence-corrected chi connectivity index (χ1v) is 3.84. The molecule has 0 saturated carbocycles. The maximum absolute atomic E-state index is 12.5. The summed E-state index contributed by atoms with van der Waals surface area (Å²) in [7, 11) is 0. The van der Waals surface area contributed by atoms with E-state index in [0.717, 1.165) is 0 Å². The molecule has 0 aliphatic heterocycles. The summed E-state index contributed by atoms with van der Waals surface area (Å²) in [5.41, 5.74) is 0.265. The monoisotopic (exact) mass is 189 g/mol. The molecular formula is C9H10F3N. The summed E-state index contributed by atoms with van der Waals surface area (Å²) < 4.78 is 37.4. The van der Waals surface area contributed by atoms with Crippen molar-refractivity contribution >= 4 is 0 Å². The van der Waals surface area contributed by atoms with E-state index in [2.05, 4.69) is 4.98 Å². The molecule has 1 aromatic rings. The molecule has 0 unspecified atom stereocenters. The zero-order valence-electron chi connectivity index (χ0n) is 7.66. The zero-order chi connectivity index (χ0) is 10.2. The van der Waals surface area contributed by atoms with Crippen LogP contribution in [-0.2, 0) is 6.18 Å². The van der Waals surface area contributed by atoms with E-state index in [1.54, 1.807) is 6.92 Å². The molecule has 4 heteroatoms. The van der Waals surface area contributed by atoms with Crippen LogP contribution in [0.15, 0.2) is 6.20 Å². The van der Waals surface area contributed by atoms with Crippen LogP contribution in [0.5, 0.6) is 0 Å². The minimum atomic E-state index is -4.28. The van der Waals surface area contributed by atoms with Gasteiger partial charge >= 0.3 is 6.18 Å². The fourth-order valence-electron chi connectivity index (χ4n) is 1.27. The van der Waals surface area contributed by atoms with Gasteiger partial charge in [0.1, 0.15) is 0 Å². The zero-order valence-corrected chi connectivity index (χ0v) is 7.66. The standard InChI is InChI=1S/C9H10F3N/c1-5-4-13-7(3)6(2)8(5)9(10,11)12/h4H,1-3H3. The van der Waals surface area contributed by atoms with Gasteiger partial charge < -0.3 is 0 Å². The summed E-state index contributed by atoms with van der Waals surface area (Å²) in [5.74, 6) is 0. The average molecular weight is 189 g/mol. The molecule has 1 aromatic heterocycles. The van der Waals surface area contributed by atoms with Crippen molar-refractivity contribution in [3.05, 3.63) is 28.6 Å². The molecule has 0 N–H and O–H groups in total. The van der Waals surface area contributed by atoms with Crippen molar-refractivity contribution in [2.24, 2.45) is 0 Å². The lowest BCUT2D eigenvalue weighted by atomic mass is 10.0. The van der Waals surface area contributed by atoms with Crippen molar-refractivity contribution in [2.45, 2.75) is 26.9 Å². The van der Waals surface area contributed by atoms with Gasteiger partial charge in [0.25, 0.3) is 0 Å². The van der Waals surface area contributed by atoms with Crippen LogP contribution in [-0.4, -0.2) is 4.98 Å². The van der Waals surface area contributed by atoms with Gasteiger partial charge in [-0.1, -0.05) is 0 Å². The van der Waals surface area contributed by atoms with Gasteiger partial charge in [-0.15, -0.1) is 0 Å². The normalized spacial score (nSPS) is 11.8. The molecule has 13 heavy (non-hydrogen) atoms. The summed E-state index contributed by atoms with van der Waals surface area (Å²) in [4.78, 5) is 3.85. The summed E-state index contributed by atoms with van der Waals surface area (Å²) in [6.07, 6.45) is -3.02. The number of nitrogens with zero attached hydrogens (tertiary/aromatic N) is 1. The van der Waals surface area contributed by atoms with Crippen molar-refractivity contribution in [3.63, 3.8) is 0 Å². The summed E-state index contributed by atoms with van der Waals surface area (Å²) in [6, 6.07) is 0. The fourth-order valence-corrected chi connectivity index (χ4v) is 1.27. The molecule has 1 nitrogen and oxygen atoms in total. The van der Waals surface area contributed by atoms with E-state index < -0.39 is 11.7 Å². The van der Waals surface area contributed by atoms with Crippen LogP contribution < -0.4 is 0 Å². The molecular weight excluding hydrogens is 179 g/mol. The van der Waals surface area contributed by atoms with Gasteiger partial charge in [-0.3, -0.25) is 4.98 Å². The van der Waals surface area contributed by atoms with Gasteiger partial charge in [0.2, 0.25) is 0 Å². The summed E-state index contributed by atoms with van der Waals surface area (Å²) in [6.45, 7) is 4.43. The van der Waals surface area contributed by atoms with Gasteiger partial charge in [-0.25, -0.2) is 0 Å². The van der Waals surface area contributed by atoms with Crippen LogP contribution in [0.25, 0.3) is 0 Å². The summed E-state index contributed by atoms with van der Waals surface area (Å²) >= 11 is 0. The number of aromatic nitrogens is 1. The van der Waals surface area contributed by atoms with E-state index in [9.17, 15) is 13.2 Å². The Morgan fingerprint density at radius 2 is 1.69 bits per heavy atom. The van der Waals surface area contributed by atoms with Gasteiger partial charge in [0.15, 0.2) is 0 Å². The number of rotatable bonds is 0. The molecule has 72 valence electrons. The smallest absolute Gasteiger partial charge is 0.261 e. The Bertz CT molecular complexity index is 328. The maximum atomic E-state index is 12.5. The third kappa shape index (κ3) is 1.82. The average Bonchev–Trinajstić information content (AvgIpc) is 1.95. The van der Waals surface area contributed by atoms with Gasteiger partial charge in [-0.05, 0) is 31.9 Å². The quantitative estimate of drug-likeness (QED) is 0.611. The molecule has 1 heterocycles. The third-order valence-electron chi connectivity index (χ3n) is 2.05. The molecule has 0 amide bonds. The topological polar surface area (TPSA) is 12.9 Å². The largest absolute Gasteiger partial charge is 0.417 e. The van der Waals surface area contributed by atoms with Gasteiger partial charge in [-0.2, -0.15) is 13.2 Å². The predicted octanol–water partition coefficient (Wildman–Crippen LogP) is 3.03. The highest BCUT2D eigenvalue weighted by Crippen LogP contribution is 2.34. The van der Waals surface area contributed by atoms with Crippen LogP contribution >= 0.6 is 0 Å². The molecule has 0 spiro atoms. The minimum Gasteiger partial charge on any atom is -0.261 e. The first kappa shape index (κ1) is 10.0. The Morgan fingerprint density at radius 3 is 2.08 bits per heavy atom. The van der Waals surface area contributed by atoms with Crippen molar-refractivity contribution < 1.29 is 13.2 Å². The Morgan fingerprint density at radius 1 is 1.15 bits per heavy atom. The van der Waals surface area contributed by atoms with Crippen LogP contribution in [0.2, 0.25) is 0 Å². The highest BCUT2D eigenvalue weighted by atomic mass is 19.4. The Hall–Kier alpha value is -1.06. The number of halogens is 3.